The van der Waals surface area contributed by atoms with E-state index in [-0.39, 0.29) is 0 Å². The molecular formula is C9H10O. The van der Waals surface area contributed by atoms with Crippen LogP contribution in [0.2, 0.25) is 0 Å². The van der Waals surface area contributed by atoms with Gasteiger partial charge in [0.25, 0.3) is 0 Å². The first-order chi connectivity index (χ1) is 4.86. The molecule has 1 heteroatoms. The van der Waals surface area contributed by atoms with Crippen LogP contribution >= 0.6 is 0 Å². The van der Waals surface area contributed by atoms with Gasteiger partial charge in [0.2, 0.25) is 0 Å². The minimum absolute atomic E-state index is 0.841. The Balaban J connectivity index is 2.58. The predicted octanol–water partition coefficient (Wildman–Crippen LogP) is 2.55. The van der Waals surface area contributed by atoms with Gasteiger partial charge >= 0.3 is 0 Å². The van der Waals surface area contributed by atoms with Gasteiger partial charge in [-0.25, -0.2) is 0 Å². The summed E-state index contributed by atoms with van der Waals surface area (Å²) in [4.78, 5) is 0. The molecule has 0 fully saturated rings. The molecule has 0 aromatic heterocycles. The smallest absolute Gasteiger partial charge is 0.122 e. The molecule has 0 spiro atoms. The monoisotopic (exact) mass is 134 g/mol. The Kier molecular flexibility index (Phi) is 2.11. The summed E-state index contributed by atoms with van der Waals surface area (Å²) in [5.41, 5.74) is 0. The highest BCUT2D eigenvalue weighted by molar-refractivity contribution is 5.23. The average molecular weight is 134 g/mol. The van der Waals surface area contributed by atoms with Gasteiger partial charge in [-0.15, -0.1) is 0 Å². The standard InChI is InChI=1S/C9H10O/c1-3-5-9-7-6-8(4-2)10-9/h3-6H,1-2,7H2/b9-5+. The van der Waals surface area contributed by atoms with E-state index in [1.165, 1.54) is 0 Å². The molecule has 0 bridgehead atoms. The summed E-state index contributed by atoms with van der Waals surface area (Å²) < 4.78 is 5.28. The SMILES string of the molecule is C=C/C=C1\CC=C(C=C)O1. The molecule has 1 rings (SSSR count). The summed E-state index contributed by atoms with van der Waals surface area (Å²) in [6.45, 7) is 7.16. The molecule has 0 atom stereocenters. The molecule has 1 aliphatic rings. The van der Waals surface area contributed by atoms with Gasteiger partial charge in [0, 0.05) is 6.42 Å². The van der Waals surface area contributed by atoms with E-state index < -0.39 is 0 Å². The summed E-state index contributed by atoms with van der Waals surface area (Å²) in [6, 6.07) is 0. The molecule has 0 unspecified atom stereocenters. The molecule has 1 heterocycles. The van der Waals surface area contributed by atoms with E-state index in [0.29, 0.717) is 0 Å². The Morgan fingerprint density at radius 1 is 1.50 bits per heavy atom. The Morgan fingerprint density at radius 3 is 2.80 bits per heavy atom. The van der Waals surface area contributed by atoms with Gasteiger partial charge in [-0.2, -0.15) is 0 Å². The number of rotatable bonds is 2. The van der Waals surface area contributed by atoms with Crippen LogP contribution in [-0.2, 0) is 4.74 Å². The minimum Gasteiger partial charge on any atom is -0.462 e. The Morgan fingerprint density at radius 2 is 2.30 bits per heavy atom. The molecule has 0 radical (unpaired) electrons. The topological polar surface area (TPSA) is 9.23 Å². The van der Waals surface area contributed by atoms with Crippen LogP contribution in [0.5, 0.6) is 0 Å². The van der Waals surface area contributed by atoms with Crippen LogP contribution in [0.3, 0.4) is 0 Å². The van der Waals surface area contributed by atoms with Crippen LogP contribution in [0.15, 0.2) is 49.0 Å². The van der Waals surface area contributed by atoms with Crippen LogP contribution in [-0.4, -0.2) is 0 Å². The average Bonchev–Trinajstić information content (AvgIpc) is 2.37. The molecule has 0 aromatic rings. The Bertz CT molecular complexity index is 209. The third-order valence-electron chi connectivity index (χ3n) is 1.26. The summed E-state index contributed by atoms with van der Waals surface area (Å²) in [5, 5.41) is 0. The lowest BCUT2D eigenvalue weighted by molar-refractivity contribution is 0.338. The molecule has 1 nitrogen and oxygen atoms in total. The van der Waals surface area contributed by atoms with Crippen molar-refractivity contribution in [3.63, 3.8) is 0 Å². The second kappa shape index (κ2) is 3.06. The van der Waals surface area contributed by atoms with Crippen molar-refractivity contribution >= 4 is 0 Å². The zero-order valence-corrected chi connectivity index (χ0v) is 5.84. The lowest BCUT2D eigenvalue weighted by Gasteiger charge is -1.97. The third kappa shape index (κ3) is 1.38. The van der Waals surface area contributed by atoms with Gasteiger partial charge in [-0.1, -0.05) is 19.2 Å². The van der Waals surface area contributed by atoms with Gasteiger partial charge in [0.15, 0.2) is 0 Å². The molecular weight excluding hydrogens is 124 g/mol. The summed E-state index contributed by atoms with van der Waals surface area (Å²) in [6.07, 6.45) is 8.11. The summed E-state index contributed by atoms with van der Waals surface area (Å²) in [7, 11) is 0. The van der Waals surface area contributed by atoms with Gasteiger partial charge in [-0.05, 0) is 18.2 Å². The third-order valence-corrected chi connectivity index (χ3v) is 1.26. The molecule has 52 valence electrons. The molecule has 0 N–H and O–H groups in total. The van der Waals surface area contributed by atoms with E-state index in [9.17, 15) is 0 Å². The fourth-order valence-corrected chi connectivity index (χ4v) is 0.794. The molecule has 0 saturated carbocycles. The number of hydrogen-bond acceptors (Lipinski definition) is 1. The van der Waals surface area contributed by atoms with E-state index in [4.69, 9.17) is 4.74 Å². The van der Waals surface area contributed by atoms with Crippen molar-refractivity contribution in [2.75, 3.05) is 0 Å². The molecule has 1 aliphatic heterocycles. The molecule has 0 amide bonds. The first-order valence-corrected chi connectivity index (χ1v) is 3.19. The number of hydrogen-bond donors (Lipinski definition) is 0. The van der Waals surface area contributed by atoms with E-state index in [1.54, 1.807) is 12.2 Å². The van der Waals surface area contributed by atoms with Crippen LogP contribution in [0, 0.1) is 0 Å². The molecule has 10 heavy (non-hydrogen) atoms. The maximum Gasteiger partial charge on any atom is 0.122 e. The second-order valence-electron chi connectivity index (χ2n) is 1.99. The van der Waals surface area contributed by atoms with E-state index in [2.05, 4.69) is 13.2 Å². The first-order valence-electron chi connectivity index (χ1n) is 3.19. The van der Waals surface area contributed by atoms with Crippen molar-refractivity contribution < 1.29 is 4.74 Å². The van der Waals surface area contributed by atoms with Gasteiger partial charge in [-0.3, -0.25) is 0 Å². The van der Waals surface area contributed by atoms with Crippen molar-refractivity contribution in [3.05, 3.63) is 49.0 Å². The lowest BCUT2D eigenvalue weighted by Crippen LogP contribution is -1.78. The van der Waals surface area contributed by atoms with Crippen LogP contribution < -0.4 is 0 Å². The largest absolute Gasteiger partial charge is 0.462 e. The highest BCUT2D eigenvalue weighted by Crippen LogP contribution is 2.20. The Labute approximate surface area is 61.0 Å². The fraction of sp³-hybridized carbons (Fsp3) is 0.111. The second-order valence-corrected chi connectivity index (χ2v) is 1.99. The molecule has 0 aliphatic carbocycles. The van der Waals surface area contributed by atoms with Crippen molar-refractivity contribution in [2.45, 2.75) is 6.42 Å². The van der Waals surface area contributed by atoms with E-state index in [0.717, 1.165) is 17.9 Å². The van der Waals surface area contributed by atoms with Crippen LogP contribution in [0.1, 0.15) is 6.42 Å². The zero-order valence-electron chi connectivity index (χ0n) is 5.84. The lowest BCUT2D eigenvalue weighted by atomic mass is 10.3. The maximum absolute atomic E-state index is 5.28. The van der Waals surface area contributed by atoms with Gasteiger partial charge in [0.05, 0.1) is 0 Å². The highest BCUT2D eigenvalue weighted by Gasteiger charge is 2.05. The van der Waals surface area contributed by atoms with Crippen molar-refractivity contribution in [2.24, 2.45) is 0 Å². The maximum atomic E-state index is 5.28. The van der Waals surface area contributed by atoms with Gasteiger partial charge in [0.1, 0.15) is 11.5 Å². The van der Waals surface area contributed by atoms with E-state index in [1.807, 2.05) is 12.2 Å². The number of ether oxygens (including phenoxy) is 1. The molecule has 0 saturated heterocycles. The molecule has 0 aromatic carbocycles. The van der Waals surface area contributed by atoms with Crippen molar-refractivity contribution in [3.8, 4) is 0 Å². The predicted molar refractivity (Wildman–Crippen MR) is 42.3 cm³/mol. The van der Waals surface area contributed by atoms with Crippen LogP contribution in [0.4, 0.5) is 0 Å². The fourth-order valence-electron chi connectivity index (χ4n) is 0.794. The van der Waals surface area contributed by atoms with Crippen LogP contribution in [0.25, 0.3) is 0 Å². The summed E-state index contributed by atoms with van der Waals surface area (Å²) >= 11 is 0. The number of allylic oxidation sites excluding steroid dienone is 4. The van der Waals surface area contributed by atoms with Crippen molar-refractivity contribution in [1.29, 1.82) is 0 Å². The Hall–Kier alpha value is -1.24. The van der Waals surface area contributed by atoms with E-state index >= 15 is 0 Å². The van der Waals surface area contributed by atoms with Crippen molar-refractivity contribution in [1.82, 2.24) is 0 Å². The zero-order chi connectivity index (χ0) is 7.40. The van der Waals surface area contributed by atoms with Gasteiger partial charge < -0.3 is 4.74 Å². The normalized spacial score (nSPS) is 20.0. The minimum atomic E-state index is 0.841. The first kappa shape index (κ1) is 6.87. The highest BCUT2D eigenvalue weighted by atomic mass is 16.5. The summed E-state index contributed by atoms with van der Waals surface area (Å²) in [5.74, 6) is 1.78. The quantitative estimate of drug-likeness (QED) is 0.564.